The van der Waals surface area contributed by atoms with Gasteiger partial charge >= 0.3 is 0 Å². The molecule has 1 fully saturated rings. The molecule has 3 aromatic rings. The van der Waals surface area contributed by atoms with Crippen molar-refractivity contribution < 1.29 is 18.5 Å². The third kappa shape index (κ3) is 4.85. The maximum absolute atomic E-state index is 14.2. The van der Waals surface area contributed by atoms with E-state index in [1.54, 1.807) is 30.5 Å². The number of nitrogens with zero attached hydrogens (tertiary/aromatic N) is 2. The minimum atomic E-state index is -0.705. The Morgan fingerprint density at radius 2 is 2.09 bits per heavy atom. The van der Waals surface area contributed by atoms with E-state index in [9.17, 15) is 14.0 Å². The van der Waals surface area contributed by atoms with Crippen molar-refractivity contribution in [1.29, 1.82) is 0 Å². The average molecular weight is 436 g/mol. The molecule has 32 heavy (non-hydrogen) atoms. The Labute approximate surface area is 185 Å². The molecule has 1 amide bonds. The van der Waals surface area contributed by atoms with Crippen LogP contribution in [-0.4, -0.2) is 26.8 Å². The summed E-state index contributed by atoms with van der Waals surface area (Å²) in [4.78, 5) is 32.3. The highest BCUT2D eigenvalue weighted by molar-refractivity contribution is 5.94. The summed E-state index contributed by atoms with van der Waals surface area (Å²) in [6, 6.07) is 8.03. The standard InChI is InChI=1S/C24H25FN4O3/c25-18-9-4-3-8-17(18)20-16-26-23(27-20)24(14-7-5-11-22(31)28-24)13-6-1-2-10-21(30)19-12-15-32-29-19/h1,3-4,6,8-9,12,15-16H,2,5,7,10-11,13-14H2,(H,26,27)(H,28,31)/b6-1+/t24-/m0/s1. The second-order valence-electron chi connectivity index (χ2n) is 7.97. The van der Waals surface area contributed by atoms with E-state index in [4.69, 9.17) is 4.52 Å². The monoisotopic (exact) mass is 436 g/mol. The van der Waals surface area contributed by atoms with Gasteiger partial charge in [0, 0.05) is 30.7 Å². The number of hydrogen-bond acceptors (Lipinski definition) is 5. The highest BCUT2D eigenvalue weighted by Crippen LogP contribution is 2.34. The summed E-state index contributed by atoms with van der Waals surface area (Å²) in [5, 5.41) is 6.80. The molecule has 0 spiro atoms. The molecule has 0 aliphatic carbocycles. The summed E-state index contributed by atoms with van der Waals surface area (Å²) in [5.41, 5.74) is 0.524. The van der Waals surface area contributed by atoms with Crippen LogP contribution < -0.4 is 5.32 Å². The molecule has 2 aromatic heterocycles. The minimum Gasteiger partial charge on any atom is -0.364 e. The molecule has 2 N–H and O–H groups in total. The lowest BCUT2D eigenvalue weighted by Gasteiger charge is -2.30. The molecule has 1 aliphatic heterocycles. The number of allylic oxidation sites excluding steroid dienone is 1. The number of H-pyrrole nitrogens is 1. The van der Waals surface area contributed by atoms with E-state index in [1.165, 1.54) is 12.3 Å². The van der Waals surface area contributed by atoms with Gasteiger partial charge in [0.05, 0.1) is 5.69 Å². The van der Waals surface area contributed by atoms with Crippen LogP contribution in [0.3, 0.4) is 0 Å². The number of hydrogen-bond donors (Lipinski definition) is 2. The van der Waals surface area contributed by atoms with Crippen molar-refractivity contribution in [2.24, 2.45) is 0 Å². The number of benzene rings is 1. The lowest BCUT2D eigenvalue weighted by Crippen LogP contribution is -2.45. The fourth-order valence-electron chi connectivity index (χ4n) is 4.01. The molecule has 0 bridgehead atoms. The van der Waals surface area contributed by atoms with Crippen molar-refractivity contribution in [3.8, 4) is 11.3 Å². The van der Waals surface area contributed by atoms with Crippen LogP contribution in [0.25, 0.3) is 11.3 Å². The molecule has 1 aromatic carbocycles. The zero-order valence-electron chi connectivity index (χ0n) is 17.6. The molecule has 0 unspecified atom stereocenters. The van der Waals surface area contributed by atoms with Crippen molar-refractivity contribution in [1.82, 2.24) is 20.4 Å². The van der Waals surface area contributed by atoms with E-state index in [1.807, 2.05) is 12.2 Å². The van der Waals surface area contributed by atoms with Gasteiger partial charge in [-0.05, 0) is 37.8 Å². The maximum atomic E-state index is 14.2. The maximum Gasteiger partial charge on any atom is 0.220 e. The van der Waals surface area contributed by atoms with Gasteiger partial charge < -0.3 is 14.8 Å². The Balaban J connectivity index is 1.51. The first-order valence-electron chi connectivity index (χ1n) is 10.8. The van der Waals surface area contributed by atoms with Crippen molar-refractivity contribution in [2.75, 3.05) is 0 Å². The number of rotatable bonds is 8. The summed E-state index contributed by atoms with van der Waals surface area (Å²) < 4.78 is 18.9. The van der Waals surface area contributed by atoms with Crippen LogP contribution in [0, 0.1) is 5.82 Å². The normalized spacial score (nSPS) is 19.1. The third-order valence-corrected chi connectivity index (χ3v) is 5.71. The molecule has 0 radical (unpaired) electrons. The van der Waals surface area contributed by atoms with Crippen LogP contribution in [-0.2, 0) is 10.3 Å². The molecular weight excluding hydrogens is 411 g/mol. The van der Waals surface area contributed by atoms with Crippen molar-refractivity contribution in [3.05, 3.63) is 72.3 Å². The van der Waals surface area contributed by atoms with Gasteiger partial charge in [0.25, 0.3) is 0 Å². The smallest absolute Gasteiger partial charge is 0.220 e. The first-order valence-corrected chi connectivity index (χ1v) is 10.8. The van der Waals surface area contributed by atoms with E-state index in [0.29, 0.717) is 54.9 Å². The Morgan fingerprint density at radius 3 is 2.91 bits per heavy atom. The second-order valence-corrected chi connectivity index (χ2v) is 7.97. The van der Waals surface area contributed by atoms with E-state index < -0.39 is 5.54 Å². The summed E-state index contributed by atoms with van der Waals surface area (Å²) in [7, 11) is 0. The summed E-state index contributed by atoms with van der Waals surface area (Å²) in [6.45, 7) is 0. The Hall–Kier alpha value is -3.55. The van der Waals surface area contributed by atoms with E-state index in [-0.39, 0.29) is 17.5 Å². The predicted octanol–water partition coefficient (Wildman–Crippen LogP) is 4.70. The summed E-state index contributed by atoms with van der Waals surface area (Å²) in [5.74, 6) is 0.151. The van der Waals surface area contributed by atoms with Crippen LogP contribution in [0.4, 0.5) is 4.39 Å². The first-order chi connectivity index (χ1) is 15.6. The highest BCUT2D eigenvalue weighted by Gasteiger charge is 2.37. The van der Waals surface area contributed by atoms with E-state index in [2.05, 4.69) is 20.4 Å². The molecule has 1 aliphatic rings. The Morgan fingerprint density at radius 1 is 1.22 bits per heavy atom. The molecule has 3 heterocycles. The van der Waals surface area contributed by atoms with Crippen LogP contribution >= 0.6 is 0 Å². The molecule has 1 saturated heterocycles. The Kier molecular flexibility index (Phi) is 6.58. The largest absolute Gasteiger partial charge is 0.364 e. The number of carbonyl (C=O) groups excluding carboxylic acids is 2. The molecule has 7 nitrogen and oxygen atoms in total. The quantitative estimate of drug-likeness (QED) is 0.394. The highest BCUT2D eigenvalue weighted by atomic mass is 19.1. The third-order valence-electron chi connectivity index (χ3n) is 5.71. The van der Waals surface area contributed by atoms with E-state index >= 15 is 0 Å². The fraction of sp³-hybridized carbons (Fsp3) is 0.333. The topological polar surface area (TPSA) is 101 Å². The first kappa shape index (κ1) is 21.7. The predicted molar refractivity (Wildman–Crippen MR) is 116 cm³/mol. The molecule has 4 rings (SSSR count). The number of aromatic amines is 1. The van der Waals surface area contributed by atoms with Crippen molar-refractivity contribution in [2.45, 2.75) is 50.5 Å². The van der Waals surface area contributed by atoms with Crippen LogP contribution in [0.2, 0.25) is 0 Å². The fourth-order valence-corrected chi connectivity index (χ4v) is 4.01. The number of halogens is 1. The number of Topliss-reactive ketones (excluding diaryl/α,β-unsaturated/α-hetero) is 1. The van der Waals surface area contributed by atoms with Gasteiger partial charge in [0.2, 0.25) is 5.91 Å². The molecule has 8 heteroatoms. The summed E-state index contributed by atoms with van der Waals surface area (Å²) >= 11 is 0. The van der Waals surface area contributed by atoms with Crippen molar-refractivity contribution in [3.63, 3.8) is 0 Å². The second kappa shape index (κ2) is 9.72. The zero-order valence-corrected chi connectivity index (χ0v) is 17.6. The Bertz CT molecular complexity index is 1110. The van der Waals surface area contributed by atoms with Gasteiger partial charge in [0.15, 0.2) is 5.78 Å². The minimum absolute atomic E-state index is 0.0269. The van der Waals surface area contributed by atoms with Gasteiger partial charge in [-0.3, -0.25) is 9.59 Å². The zero-order chi connectivity index (χ0) is 22.4. The van der Waals surface area contributed by atoms with Gasteiger partial charge in [0.1, 0.15) is 29.1 Å². The molecule has 0 saturated carbocycles. The number of imidazole rings is 1. The van der Waals surface area contributed by atoms with Gasteiger partial charge in [-0.25, -0.2) is 9.37 Å². The van der Waals surface area contributed by atoms with Gasteiger partial charge in [-0.1, -0.05) is 35.9 Å². The molecule has 166 valence electrons. The van der Waals surface area contributed by atoms with Gasteiger partial charge in [-0.15, -0.1) is 0 Å². The van der Waals surface area contributed by atoms with Gasteiger partial charge in [-0.2, -0.15) is 0 Å². The van der Waals surface area contributed by atoms with E-state index in [0.717, 1.165) is 12.8 Å². The number of amides is 1. The number of carbonyl (C=O) groups is 2. The number of ketones is 1. The number of aromatic nitrogens is 3. The average Bonchev–Trinajstić information content (AvgIpc) is 3.46. The van der Waals surface area contributed by atoms with Crippen molar-refractivity contribution >= 4 is 11.7 Å². The number of nitrogens with one attached hydrogen (secondary N) is 2. The lowest BCUT2D eigenvalue weighted by atomic mass is 9.88. The lowest BCUT2D eigenvalue weighted by molar-refractivity contribution is -0.122. The molecule has 1 atom stereocenters. The molecular formula is C24H25FN4O3. The van der Waals surface area contributed by atoms with Crippen LogP contribution in [0.1, 0.15) is 61.3 Å². The van der Waals surface area contributed by atoms with Crippen LogP contribution in [0.15, 0.2) is 59.5 Å². The summed E-state index contributed by atoms with van der Waals surface area (Å²) in [6.07, 6.45) is 11.2. The van der Waals surface area contributed by atoms with Crippen LogP contribution in [0.5, 0.6) is 0 Å². The SMILES string of the molecule is O=C1CCCC[C@@](C/C=C/CCC(=O)c2ccon2)(c2nc(-c3ccccc3F)c[nH]2)N1.